The monoisotopic (exact) mass is 307 g/mol. The minimum absolute atomic E-state index is 0.360. The Labute approximate surface area is 132 Å². The quantitative estimate of drug-likeness (QED) is 0.716. The molecular formula is C17H10ClN3O. The van der Waals surface area contributed by atoms with E-state index in [-0.39, 0.29) is 0 Å². The van der Waals surface area contributed by atoms with E-state index in [0.29, 0.717) is 28.0 Å². The van der Waals surface area contributed by atoms with Gasteiger partial charge in [0.05, 0.1) is 16.7 Å². The normalized spacial score (nSPS) is 10.0. The Hall–Kier alpha value is -2.90. The van der Waals surface area contributed by atoms with Crippen molar-refractivity contribution in [3.05, 3.63) is 71.4 Å². The minimum Gasteiger partial charge on any atom is -0.437 e. The van der Waals surface area contributed by atoms with Crippen molar-refractivity contribution in [1.82, 2.24) is 9.97 Å². The van der Waals surface area contributed by atoms with E-state index in [2.05, 4.69) is 9.97 Å². The van der Waals surface area contributed by atoms with Crippen molar-refractivity contribution in [3.63, 3.8) is 0 Å². The number of hydrogen-bond acceptors (Lipinski definition) is 4. The van der Waals surface area contributed by atoms with Gasteiger partial charge in [0.15, 0.2) is 5.82 Å². The predicted molar refractivity (Wildman–Crippen MR) is 83.7 cm³/mol. The SMILES string of the molecule is N#Cc1ccc(Oc2ccnc(-c3ccccc3)n2)c(Cl)c1. The molecule has 0 fully saturated rings. The van der Waals surface area contributed by atoms with Crippen LogP contribution < -0.4 is 4.74 Å². The third-order valence-electron chi connectivity index (χ3n) is 2.94. The van der Waals surface area contributed by atoms with Crippen LogP contribution in [0.2, 0.25) is 5.02 Å². The Morgan fingerprint density at radius 3 is 2.59 bits per heavy atom. The minimum atomic E-state index is 0.360. The summed E-state index contributed by atoms with van der Waals surface area (Å²) in [5.74, 6) is 1.40. The van der Waals surface area contributed by atoms with Crippen LogP contribution in [0.1, 0.15) is 5.56 Å². The number of hydrogen-bond donors (Lipinski definition) is 0. The van der Waals surface area contributed by atoms with Crippen molar-refractivity contribution in [2.45, 2.75) is 0 Å². The summed E-state index contributed by atoms with van der Waals surface area (Å²) in [6, 6.07) is 18.1. The number of benzene rings is 2. The molecule has 2 aromatic carbocycles. The molecule has 0 atom stereocenters. The van der Waals surface area contributed by atoms with Gasteiger partial charge >= 0.3 is 0 Å². The predicted octanol–water partition coefficient (Wildman–Crippen LogP) is 4.46. The molecule has 0 aliphatic rings. The highest BCUT2D eigenvalue weighted by molar-refractivity contribution is 6.32. The van der Waals surface area contributed by atoms with Gasteiger partial charge in [-0.2, -0.15) is 10.2 Å². The van der Waals surface area contributed by atoms with Gasteiger partial charge in [0, 0.05) is 17.8 Å². The molecule has 0 amide bonds. The van der Waals surface area contributed by atoms with Crippen LogP contribution in [-0.2, 0) is 0 Å². The Kier molecular flexibility index (Phi) is 3.99. The molecule has 3 rings (SSSR count). The summed E-state index contributed by atoms with van der Waals surface area (Å²) >= 11 is 6.10. The molecule has 0 aliphatic heterocycles. The molecule has 5 heteroatoms. The van der Waals surface area contributed by atoms with Crippen LogP contribution in [0, 0.1) is 11.3 Å². The van der Waals surface area contributed by atoms with Crippen LogP contribution in [0.4, 0.5) is 0 Å². The van der Waals surface area contributed by atoms with Gasteiger partial charge in [-0.15, -0.1) is 0 Å². The van der Waals surface area contributed by atoms with E-state index in [1.807, 2.05) is 36.4 Å². The lowest BCUT2D eigenvalue weighted by atomic mass is 10.2. The van der Waals surface area contributed by atoms with Crippen molar-refractivity contribution in [2.75, 3.05) is 0 Å². The van der Waals surface area contributed by atoms with Gasteiger partial charge < -0.3 is 4.74 Å². The van der Waals surface area contributed by atoms with E-state index >= 15 is 0 Å². The van der Waals surface area contributed by atoms with Gasteiger partial charge in [-0.1, -0.05) is 41.9 Å². The maximum atomic E-state index is 8.84. The van der Waals surface area contributed by atoms with Gasteiger partial charge in [0.25, 0.3) is 0 Å². The lowest BCUT2D eigenvalue weighted by molar-refractivity contribution is 0.462. The molecule has 0 aliphatic carbocycles. The molecule has 0 saturated carbocycles. The summed E-state index contributed by atoms with van der Waals surface area (Å²) in [5.41, 5.74) is 1.38. The molecule has 0 unspecified atom stereocenters. The van der Waals surface area contributed by atoms with Crippen LogP contribution >= 0.6 is 11.6 Å². The Morgan fingerprint density at radius 2 is 1.86 bits per heavy atom. The Balaban J connectivity index is 1.89. The Bertz CT molecular complexity index is 844. The molecule has 0 N–H and O–H groups in total. The van der Waals surface area contributed by atoms with E-state index in [4.69, 9.17) is 21.6 Å². The second kappa shape index (κ2) is 6.25. The fraction of sp³-hybridized carbons (Fsp3) is 0. The molecule has 1 heterocycles. The third kappa shape index (κ3) is 3.05. The molecule has 4 nitrogen and oxygen atoms in total. The second-order valence-electron chi connectivity index (χ2n) is 4.44. The zero-order valence-corrected chi connectivity index (χ0v) is 12.2. The molecule has 1 aromatic heterocycles. The number of ether oxygens (including phenoxy) is 1. The van der Waals surface area contributed by atoms with E-state index in [1.54, 1.807) is 30.5 Å². The molecule has 106 valence electrons. The first-order chi connectivity index (χ1) is 10.8. The van der Waals surface area contributed by atoms with Crippen molar-refractivity contribution >= 4 is 11.6 Å². The number of rotatable bonds is 3. The molecule has 0 radical (unpaired) electrons. The molecule has 22 heavy (non-hydrogen) atoms. The standard InChI is InChI=1S/C17H10ClN3O/c18-14-10-12(11-19)6-7-15(14)22-16-8-9-20-17(21-16)13-4-2-1-3-5-13/h1-10H. The second-order valence-corrected chi connectivity index (χ2v) is 4.85. The van der Waals surface area contributed by atoms with Crippen LogP contribution in [-0.4, -0.2) is 9.97 Å². The van der Waals surface area contributed by atoms with Gasteiger partial charge in [0.2, 0.25) is 5.88 Å². The molecule has 0 bridgehead atoms. The van der Waals surface area contributed by atoms with Crippen molar-refractivity contribution < 1.29 is 4.74 Å². The highest BCUT2D eigenvalue weighted by Gasteiger charge is 2.07. The summed E-state index contributed by atoms with van der Waals surface area (Å²) < 4.78 is 5.68. The number of nitrogens with zero attached hydrogens (tertiary/aromatic N) is 3. The zero-order valence-electron chi connectivity index (χ0n) is 11.4. The fourth-order valence-corrected chi connectivity index (χ4v) is 2.11. The number of halogens is 1. The topological polar surface area (TPSA) is 58.8 Å². The van der Waals surface area contributed by atoms with Crippen LogP contribution in [0.25, 0.3) is 11.4 Å². The van der Waals surface area contributed by atoms with Gasteiger partial charge in [-0.05, 0) is 18.2 Å². The van der Waals surface area contributed by atoms with Gasteiger partial charge in [-0.3, -0.25) is 0 Å². The van der Waals surface area contributed by atoms with E-state index in [0.717, 1.165) is 5.56 Å². The third-order valence-corrected chi connectivity index (χ3v) is 3.23. The first-order valence-corrected chi connectivity index (χ1v) is 6.90. The number of nitriles is 1. The van der Waals surface area contributed by atoms with Crippen LogP contribution in [0.3, 0.4) is 0 Å². The van der Waals surface area contributed by atoms with Crippen LogP contribution in [0.15, 0.2) is 60.8 Å². The van der Waals surface area contributed by atoms with E-state index in [9.17, 15) is 0 Å². The van der Waals surface area contributed by atoms with Crippen molar-refractivity contribution in [1.29, 1.82) is 5.26 Å². The summed E-state index contributed by atoms with van der Waals surface area (Å²) in [4.78, 5) is 8.60. The lowest BCUT2D eigenvalue weighted by Crippen LogP contribution is -1.93. The van der Waals surface area contributed by atoms with Crippen molar-refractivity contribution in [3.8, 4) is 29.1 Å². The van der Waals surface area contributed by atoms with Crippen molar-refractivity contribution in [2.24, 2.45) is 0 Å². The largest absolute Gasteiger partial charge is 0.437 e. The summed E-state index contributed by atoms with van der Waals surface area (Å²) in [6.45, 7) is 0. The summed E-state index contributed by atoms with van der Waals surface area (Å²) in [7, 11) is 0. The highest BCUT2D eigenvalue weighted by atomic mass is 35.5. The molecular weight excluding hydrogens is 298 g/mol. The van der Waals surface area contributed by atoms with E-state index in [1.165, 1.54) is 0 Å². The fourth-order valence-electron chi connectivity index (χ4n) is 1.89. The van der Waals surface area contributed by atoms with Gasteiger partial charge in [-0.25, -0.2) is 4.98 Å². The number of aromatic nitrogens is 2. The summed E-state index contributed by atoms with van der Waals surface area (Å²) in [5, 5.41) is 9.20. The summed E-state index contributed by atoms with van der Waals surface area (Å²) in [6.07, 6.45) is 1.63. The zero-order chi connectivity index (χ0) is 15.4. The first-order valence-electron chi connectivity index (χ1n) is 6.52. The smallest absolute Gasteiger partial charge is 0.222 e. The average Bonchev–Trinajstić information content (AvgIpc) is 2.58. The Morgan fingerprint density at radius 1 is 1.05 bits per heavy atom. The molecule has 0 spiro atoms. The van der Waals surface area contributed by atoms with Crippen LogP contribution in [0.5, 0.6) is 11.6 Å². The lowest BCUT2D eigenvalue weighted by Gasteiger charge is -2.08. The van der Waals surface area contributed by atoms with Gasteiger partial charge in [0.1, 0.15) is 5.75 Å². The molecule has 0 saturated heterocycles. The average molecular weight is 308 g/mol. The molecule has 3 aromatic rings. The maximum Gasteiger partial charge on any atom is 0.222 e. The maximum absolute atomic E-state index is 8.84. The van der Waals surface area contributed by atoms with E-state index < -0.39 is 0 Å². The highest BCUT2D eigenvalue weighted by Crippen LogP contribution is 2.29. The first kappa shape index (κ1) is 14.1.